The average Bonchev–Trinajstić information content (AvgIpc) is 2.90. The van der Waals surface area contributed by atoms with Crippen LogP contribution in [0.4, 0.5) is 0 Å². The van der Waals surface area contributed by atoms with Crippen LogP contribution in [0.15, 0.2) is 48.5 Å². The van der Waals surface area contributed by atoms with E-state index in [4.69, 9.17) is 4.74 Å². The summed E-state index contributed by atoms with van der Waals surface area (Å²) in [6, 6.07) is 16.1. The largest absolute Gasteiger partial charge is 0.491 e. The molecule has 0 saturated heterocycles. The van der Waals surface area contributed by atoms with Crippen LogP contribution >= 0.6 is 0 Å². The molecule has 3 heteroatoms. The third kappa shape index (κ3) is 2.32. The molecule has 0 aliphatic carbocycles. The van der Waals surface area contributed by atoms with Gasteiger partial charge in [0.1, 0.15) is 17.1 Å². The number of fused-ring (bicyclic) bond motifs is 1. The highest BCUT2D eigenvalue weighted by Crippen LogP contribution is 2.27. The topological polar surface area (TPSA) is 37.9 Å². The van der Waals surface area contributed by atoms with E-state index in [1.807, 2.05) is 48.5 Å². The number of aromatic amines is 1. The fourth-order valence-corrected chi connectivity index (χ4v) is 2.07. The van der Waals surface area contributed by atoms with Crippen LogP contribution in [0.5, 0.6) is 5.75 Å². The molecule has 3 aromatic rings. The van der Waals surface area contributed by atoms with Crippen LogP contribution < -0.4 is 4.74 Å². The fraction of sp³-hybridized carbons (Fsp3) is 0.188. The van der Waals surface area contributed by atoms with Gasteiger partial charge in [0.15, 0.2) is 0 Å². The molecule has 2 aromatic carbocycles. The molecule has 96 valence electrons. The van der Waals surface area contributed by atoms with E-state index in [9.17, 15) is 0 Å². The predicted octanol–water partition coefficient (Wildman–Crippen LogP) is 4.02. The van der Waals surface area contributed by atoms with Crippen LogP contribution in [0, 0.1) is 0 Å². The Hall–Kier alpha value is -2.29. The Morgan fingerprint density at radius 1 is 1.05 bits per heavy atom. The van der Waals surface area contributed by atoms with E-state index in [0.29, 0.717) is 6.61 Å². The van der Waals surface area contributed by atoms with Crippen molar-refractivity contribution < 1.29 is 4.74 Å². The Balaban J connectivity index is 2.05. The lowest BCUT2D eigenvalue weighted by Crippen LogP contribution is -1.95. The van der Waals surface area contributed by atoms with Gasteiger partial charge in [-0.3, -0.25) is 0 Å². The number of aromatic nitrogens is 2. The quantitative estimate of drug-likeness (QED) is 0.761. The van der Waals surface area contributed by atoms with Crippen molar-refractivity contribution in [3.63, 3.8) is 0 Å². The van der Waals surface area contributed by atoms with Crippen molar-refractivity contribution in [3.05, 3.63) is 48.5 Å². The van der Waals surface area contributed by atoms with Gasteiger partial charge in [0.2, 0.25) is 0 Å². The zero-order chi connectivity index (χ0) is 13.1. The van der Waals surface area contributed by atoms with Crippen molar-refractivity contribution in [2.24, 2.45) is 0 Å². The minimum absolute atomic E-state index is 0.715. The number of imidazole rings is 1. The molecule has 1 aromatic heterocycles. The van der Waals surface area contributed by atoms with Crippen LogP contribution in [0.1, 0.15) is 13.3 Å². The van der Waals surface area contributed by atoms with Gasteiger partial charge in [-0.2, -0.15) is 0 Å². The van der Waals surface area contributed by atoms with Gasteiger partial charge in [0.05, 0.1) is 12.1 Å². The summed E-state index contributed by atoms with van der Waals surface area (Å²) in [5, 5.41) is 0. The number of rotatable bonds is 4. The molecule has 0 aliphatic heterocycles. The first-order valence-corrected chi connectivity index (χ1v) is 6.55. The van der Waals surface area contributed by atoms with Crippen LogP contribution in [0.2, 0.25) is 0 Å². The lowest BCUT2D eigenvalue weighted by atomic mass is 10.2. The summed E-state index contributed by atoms with van der Waals surface area (Å²) in [6.07, 6.45) is 0.992. The number of H-pyrrole nitrogens is 1. The van der Waals surface area contributed by atoms with Gasteiger partial charge in [-0.05, 0) is 18.6 Å². The highest BCUT2D eigenvalue weighted by molar-refractivity contribution is 5.84. The second-order valence-electron chi connectivity index (χ2n) is 4.45. The van der Waals surface area contributed by atoms with Gasteiger partial charge < -0.3 is 9.72 Å². The SMILES string of the molecule is CCCOc1cccc2[nH]c(-c3ccccc3)nc12. The summed E-state index contributed by atoms with van der Waals surface area (Å²) in [7, 11) is 0. The summed E-state index contributed by atoms with van der Waals surface area (Å²) in [5.74, 6) is 1.72. The molecular weight excluding hydrogens is 236 g/mol. The Morgan fingerprint density at radius 2 is 1.89 bits per heavy atom. The van der Waals surface area contributed by atoms with E-state index in [1.165, 1.54) is 0 Å². The van der Waals surface area contributed by atoms with Crippen LogP contribution in [-0.2, 0) is 0 Å². The fourth-order valence-electron chi connectivity index (χ4n) is 2.07. The van der Waals surface area contributed by atoms with E-state index in [0.717, 1.165) is 34.6 Å². The standard InChI is InChI=1S/C16H16N2O/c1-2-11-19-14-10-6-9-13-15(14)18-16(17-13)12-7-4-3-5-8-12/h3-10H,2,11H2,1H3,(H,17,18). The molecular formula is C16H16N2O. The molecule has 3 nitrogen and oxygen atoms in total. The zero-order valence-corrected chi connectivity index (χ0v) is 10.9. The van der Waals surface area contributed by atoms with Crippen LogP contribution in [-0.4, -0.2) is 16.6 Å². The van der Waals surface area contributed by atoms with Gasteiger partial charge in [-0.1, -0.05) is 43.3 Å². The molecule has 0 fully saturated rings. The smallest absolute Gasteiger partial charge is 0.147 e. The molecule has 3 rings (SSSR count). The number of benzene rings is 2. The predicted molar refractivity (Wildman–Crippen MR) is 77.3 cm³/mol. The summed E-state index contributed by atoms with van der Waals surface area (Å²) in [4.78, 5) is 7.99. The lowest BCUT2D eigenvalue weighted by molar-refractivity contribution is 0.320. The Morgan fingerprint density at radius 3 is 2.68 bits per heavy atom. The highest BCUT2D eigenvalue weighted by atomic mass is 16.5. The molecule has 0 spiro atoms. The first-order valence-electron chi connectivity index (χ1n) is 6.55. The van der Waals surface area contributed by atoms with Crippen molar-refractivity contribution in [1.29, 1.82) is 0 Å². The van der Waals surface area contributed by atoms with E-state index in [1.54, 1.807) is 0 Å². The first-order chi connectivity index (χ1) is 9.38. The third-order valence-electron chi connectivity index (χ3n) is 2.98. The average molecular weight is 252 g/mol. The van der Waals surface area contributed by atoms with Crippen molar-refractivity contribution in [3.8, 4) is 17.1 Å². The van der Waals surface area contributed by atoms with Gasteiger partial charge in [0, 0.05) is 5.56 Å². The van der Waals surface area contributed by atoms with Crippen LogP contribution in [0.3, 0.4) is 0 Å². The van der Waals surface area contributed by atoms with Crippen molar-refractivity contribution in [2.45, 2.75) is 13.3 Å². The van der Waals surface area contributed by atoms with E-state index >= 15 is 0 Å². The maximum atomic E-state index is 5.74. The maximum absolute atomic E-state index is 5.74. The molecule has 0 radical (unpaired) electrons. The van der Waals surface area contributed by atoms with E-state index in [2.05, 4.69) is 16.9 Å². The summed E-state index contributed by atoms with van der Waals surface area (Å²) < 4.78 is 5.74. The molecule has 0 saturated carbocycles. The van der Waals surface area contributed by atoms with Crippen molar-refractivity contribution >= 4 is 11.0 Å². The number of ether oxygens (including phenoxy) is 1. The molecule has 1 heterocycles. The lowest BCUT2D eigenvalue weighted by Gasteiger charge is -2.03. The number of nitrogens with zero attached hydrogens (tertiary/aromatic N) is 1. The number of para-hydroxylation sites is 1. The zero-order valence-electron chi connectivity index (χ0n) is 10.9. The van der Waals surface area contributed by atoms with Crippen molar-refractivity contribution in [2.75, 3.05) is 6.61 Å². The Labute approximate surface area is 112 Å². The third-order valence-corrected chi connectivity index (χ3v) is 2.98. The number of nitrogens with one attached hydrogen (secondary N) is 1. The molecule has 19 heavy (non-hydrogen) atoms. The molecule has 0 atom stereocenters. The maximum Gasteiger partial charge on any atom is 0.147 e. The molecule has 0 aliphatic rings. The Bertz CT molecular complexity index is 674. The number of hydrogen-bond acceptors (Lipinski definition) is 2. The summed E-state index contributed by atoms with van der Waals surface area (Å²) >= 11 is 0. The summed E-state index contributed by atoms with van der Waals surface area (Å²) in [6.45, 7) is 2.81. The minimum atomic E-state index is 0.715. The van der Waals surface area contributed by atoms with Gasteiger partial charge in [0.25, 0.3) is 0 Å². The molecule has 0 amide bonds. The Kier molecular flexibility index (Phi) is 3.19. The van der Waals surface area contributed by atoms with Crippen molar-refractivity contribution in [1.82, 2.24) is 9.97 Å². The van der Waals surface area contributed by atoms with Gasteiger partial charge in [-0.25, -0.2) is 4.98 Å². The van der Waals surface area contributed by atoms with Crippen LogP contribution in [0.25, 0.3) is 22.4 Å². The monoisotopic (exact) mass is 252 g/mol. The minimum Gasteiger partial charge on any atom is -0.491 e. The summed E-state index contributed by atoms with van der Waals surface area (Å²) in [5.41, 5.74) is 2.99. The first kappa shape index (κ1) is 11.8. The molecule has 0 unspecified atom stereocenters. The van der Waals surface area contributed by atoms with Gasteiger partial charge >= 0.3 is 0 Å². The molecule has 1 N–H and O–H groups in total. The second kappa shape index (κ2) is 5.14. The number of hydrogen-bond donors (Lipinski definition) is 1. The normalized spacial score (nSPS) is 10.8. The van der Waals surface area contributed by atoms with E-state index < -0.39 is 0 Å². The van der Waals surface area contributed by atoms with Gasteiger partial charge in [-0.15, -0.1) is 0 Å². The van der Waals surface area contributed by atoms with E-state index in [-0.39, 0.29) is 0 Å². The molecule has 0 bridgehead atoms. The second-order valence-corrected chi connectivity index (χ2v) is 4.45. The highest BCUT2D eigenvalue weighted by Gasteiger charge is 2.09.